The van der Waals surface area contributed by atoms with Crippen LogP contribution in [-0.4, -0.2) is 54.7 Å². The molecule has 0 bridgehead atoms. The van der Waals surface area contributed by atoms with Gasteiger partial charge in [0, 0.05) is 27.7 Å². The second kappa shape index (κ2) is 5.13. The fraction of sp³-hybridized carbons (Fsp3) is 0.571. The molecule has 0 atom stereocenters. The number of nitrogens with zero attached hydrogens (tertiary/aromatic N) is 2. The van der Waals surface area contributed by atoms with E-state index in [0.717, 1.165) is 23.5 Å². The molecule has 2 heterocycles. The monoisotopic (exact) mass is 342 g/mol. The van der Waals surface area contributed by atoms with E-state index in [1.54, 1.807) is 12.5 Å². The van der Waals surface area contributed by atoms with Gasteiger partial charge >= 0.3 is 0 Å². The number of hydroxylamine groups is 2. The Balaban J connectivity index is 2.86. The summed E-state index contributed by atoms with van der Waals surface area (Å²) in [6.07, 6.45) is 3.35. The minimum Gasteiger partial charge on any atom is -0.622 e. The van der Waals surface area contributed by atoms with E-state index in [-0.39, 0.29) is 21.2 Å². The van der Waals surface area contributed by atoms with E-state index in [2.05, 4.69) is 0 Å². The van der Waals surface area contributed by atoms with Crippen molar-refractivity contribution in [3.05, 3.63) is 21.6 Å². The van der Waals surface area contributed by atoms with E-state index < -0.39 is 22.6 Å². The molecule has 0 aromatic heterocycles. The number of carbonyl (C=O) groups is 2. The van der Waals surface area contributed by atoms with E-state index >= 15 is 0 Å². The standard InChI is InChI=1S/C14H18N2O4S2/c1-13(2)9(17)7(11(21-5)15(13)19)8-10(18)14(3,4)16(20)12(8)22-6/h1-6H3/b8-7-. The molecule has 8 heteroatoms. The van der Waals surface area contributed by atoms with Crippen molar-refractivity contribution < 1.29 is 19.1 Å². The highest BCUT2D eigenvalue weighted by Crippen LogP contribution is 2.37. The third kappa shape index (κ3) is 1.96. The summed E-state index contributed by atoms with van der Waals surface area (Å²) in [4.78, 5) is 25.4. The van der Waals surface area contributed by atoms with Gasteiger partial charge in [-0.15, -0.1) is 0 Å². The lowest BCUT2D eigenvalue weighted by atomic mass is 9.90. The average Bonchev–Trinajstić information content (AvgIpc) is 2.73. The van der Waals surface area contributed by atoms with Gasteiger partial charge in [0.1, 0.15) is 11.1 Å². The molecule has 2 aliphatic rings. The Morgan fingerprint density at radius 1 is 0.773 bits per heavy atom. The molecule has 0 radical (unpaired) electrons. The predicted molar refractivity (Wildman–Crippen MR) is 89.5 cm³/mol. The molecule has 0 aromatic rings. The van der Waals surface area contributed by atoms with E-state index in [1.165, 1.54) is 27.7 Å². The molecule has 6 nitrogen and oxygen atoms in total. The highest BCUT2D eigenvalue weighted by Gasteiger charge is 2.58. The maximum absolute atomic E-state index is 12.7. The second-order valence-corrected chi connectivity index (χ2v) is 7.72. The molecule has 0 aromatic carbocycles. The normalized spacial score (nSPS) is 27.4. The fourth-order valence-corrected chi connectivity index (χ4v) is 4.10. The van der Waals surface area contributed by atoms with Gasteiger partial charge in [-0.2, -0.15) is 9.48 Å². The fourth-order valence-electron chi connectivity index (χ4n) is 2.51. The molecule has 22 heavy (non-hydrogen) atoms. The van der Waals surface area contributed by atoms with Gasteiger partial charge in [0.2, 0.25) is 22.6 Å². The molecule has 0 amide bonds. The predicted octanol–water partition coefficient (Wildman–Crippen LogP) is 1.55. The summed E-state index contributed by atoms with van der Waals surface area (Å²) in [6.45, 7) is 6.07. The van der Waals surface area contributed by atoms with Gasteiger partial charge < -0.3 is 10.4 Å². The van der Waals surface area contributed by atoms with Crippen LogP contribution in [0.15, 0.2) is 11.1 Å². The lowest BCUT2D eigenvalue weighted by Crippen LogP contribution is -2.37. The summed E-state index contributed by atoms with van der Waals surface area (Å²) < 4.78 is 1.27. The molecule has 0 unspecified atom stereocenters. The van der Waals surface area contributed by atoms with Crippen LogP contribution in [0.3, 0.4) is 0 Å². The zero-order valence-corrected chi connectivity index (χ0v) is 15.0. The van der Waals surface area contributed by atoms with E-state index in [9.17, 15) is 20.0 Å². The number of rotatable bonds is 0. The third-order valence-electron chi connectivity index (χ3n) is 4.01. The highest BCUT2D eigenvalue weighted by atomic mass is 32.2. The Bertz CT molecular complexity index is 629. The molecule has 0 fully saturated rings. The Labute approximate surface area is 137 Å². The first-order valence-corrected chi connectivity index (χ1v) is 9.09. The summed E-state index contributed by atoms with van der Waals surface area (Å²) in [5.41, 5.74) is -2.39. The zero-order chi connectivity index (χ0) is 17.0. The number of thioether (sulfide) groups is 2. The molecular weight excluding hydrogens is 324 g/mol. The Kier molecular flexibility index (Phi) is 3.98. The van der Waals surface area contributed by atoms with Crippen molar-refractivity contribution in [1.29, 1.82) is 0 Å². The zero-order valence-electron chi connectivity index (χ0n) is 13.3. The first-order valence-electron chi connectivity index (χ1n) is 6.64. The Hall–Kier alpha value is -1.28. The Morgan fingerprint density at radius 3 is 1.27 bits per heavy atom. The van der Waals surface area contributed by atoms with Crippen molar-refractivity contribution in [2.75, 3.05) is 12.5 Å². The van der Waals surface area contributed by atoms with E-state index in [0.29, 0.717) is 9.48 Å². The number of Topliss-reactive ketones (excluding diaryl/α,β-unsaturated/α-hetero) is 2. The number of ketones is 2. The maximum Gasteiger partial charge on any atom is 0.258 e. The van der Waals surface area contributed by atoms with Crippen molar-refractivity contribution >= 4 is 45.2 Å². The quantitative estimate of drug-likeness (QED) is 0.377. The SMILES string of the molecule is CSC1=[N+]([O-])C(C)(C)C(=O)/C1=C1\C(=O)C(C)(C)[N+]([O-])=C1SC. The molecule has 0 spiro atoms. The van der Waals surface area contributed by atoms with Crippen LogP contribution in [0.25, 0.3) is 0 Å². The summed E-state index contributed by atoms with van der Waals surface area (Å²) in [5, 5.41) is 25.1. The molecule has 2 rings (SSSR count). The molecule has 120 valence electrons. The van der Waals surface area contributed by atoms with Gasteiger partial charge in [-0.25, -0.2) is 0 Å². The molecule has 0 N–H and O–H groups in total. The van der Waals surface area contributed by atoms with Gasteiger partial charge in [-0.3, -0.25) is 9.59 Å². The summed E-state index contributed by atoms with van der Waals surface area (Å²) >= 11 is 2.23. The molecule has 0 saturated carbocycles. The largest absolute Gasteiger partial charge is 0.622 e. The average molecular weight is 342 g/mol. The van der Waals surface area contributed by atoms with E-state index in [1.807, 2.05) is 0 Å². The van der Waals surface area contributed by atoms with Gasteiger partial charge in [0.15, 0.2) is 0 Å². The lowest BCUT2D eigenvalue weighted by molar-refractivity contribution is -0.513. The van der Waals surface area contributed by atoms with Crippen molar-refractivity contribution in [3.63, 3.8) is 0 Å². The second-order valence-electron chi connectivity index (χ2n) is 6.13. The lowest BCUT2D eigenvalue weighted by Gasteiger charge is -2.15. The van der Waals surface area contributed by atoms with Crippen LogP contribution >= 0.6 is 23.5 Å². The summed E-state index contributed by atoms with van der Waals surface area (Å²) in [6, 6.07) is 0. The number of carbonyl (C=O) groups excluding carboxylic acids is 2. The van der Waals surface area contributed by atoms with Gasteiger partial charge in [0.05, 0.1) is 0 Å². The van der Waals surface area contributed by atoms with E-state index in [4.69, 9.17) is 0 Å². The minimum atomic E-state index is -1.27. The topological polar surface area (TPSA) is 86.3 Å². The van der Waals surface area contributed by atoms with Crippen molar-refractivity contribution in [3.8, 4) is 0 Å². The van der Waals surface area contributed by atoms with Crippen molar-refractivity contribution in [1.82, 2.24) is 0 Å². The van der Waals surface area contributed by atoms with Crippen LogP contribution in [0.2, 0.25) is 0 Å². The Morgan fingerprint density at radius 2 is 1.05 bits per heavy atom. The number of hydrogen-bond donors (Lipinski definition) is 0. The van der Waals surface area contributed by atoms with Crippen LogP contribution in [0.4, 0.5) is 0 Å². The molecule has 2 aliphatic heterocycles. The van der Waals surface area contributed by atoms with Crippen LogP contribution in [0, 0.1) is 10.4 Å². The minimum absolute atomic E-state index is 0.0771. The summed E-state index contributed by atoms with van der Waals surface area (Å²) in [5.74, 6) is -0.847. The first kappa shape index (κ1) is 17.1. The van der Waals surface area contributed by atoms with Crippen molar-refractivity contribution in [2.45, 2.75) is 38.8 Å². The van der Waals surface area contributed by atoms with Gasteiger partial charge in [-0.1, -0.05) is 23.5 Å². The smallest absolute Gasteiger partial charge is 0.258 e. The van der Waals surface area contributed by atoms with Gasteiger partial charge in [0.25, 0.3) is 10.1 Å². The molecular formula is C14H18N2O4S2. The van der Waals surface area contributed by atoms with Crippen molar-refractivity contribution in [2.24, 2.45) is 0 Å². The summed E-state index contributed by atoms with van der Waals surface area (Å²) in [7, 11) is 0. The highest BCUT2D eigenvalue weighted by molar-refractivity contribution is 8.14. The maximum atomic E-state index is 12.7. The van der Waals surface area contributed by atoms with Crippen LogP contribution in [-0.2, 0) is 9.59 Å². The van der Waals surface area contributed by atoms with Crippen LogP contribution in [0.1, 0.15) is 27.7 Å². The van der Waals surface area contributed by atoms with Crippen LogP contribution < -0.4 is 0 Å². The first-order chi connectivity index (χ1) is 10.0. The van der Waals surface area contributed by atoms with Crippen LogP contribution in [0.5, 0.6) is 0 Å². The van der Waals surface area contributed by atoms with Gasteiger partial charge in [-0.05, 0) is 12.5 Å². The molecule has 0 aliphatic carbocycles. The molecule has 0 saturated heterocycles. The third-order valence-corrected chi connectivity index (χ3v) is 5.53. The number of hydrogen-bond acceptors (Lipinski definition) is 6.